The number of aromatic hydroxyl groups is 1. The van der Waals surface area contributed by atoms with Crippen LogP contribution in [0.1, 0.15) is 72.6 Å². The molecule has 0 amide bonds. The molecule has 0 unspecified atom stereocenters. The minimum Gasteiger partial charge on any atom is -0.507 e. The Morgan fingerprint density at radius 1 is 0.739 bits per heavy atom. The van der Waals surface area contributed by atoms with Crippen LogP contribution in [0.15, 0.2) is 24.3 Å². The molecule has 0 aliphatic rings. The minimum absolute atomic E-state index is 0.0890. The summed E-state index contributed by atoms with van der Waals surface area (Å²) in [7, 11) is 0. The van der Waals surface area contributed by atoms with Gasteiger partial charge in [0.05, 0.1) is 0 Å². The van der Waals surface area contributed by atoms with Crippen LogP contribution >= 0.6 is 0 Å². The highest BCUT2D eigenvalue weighted by Gasteiger charge is 2.26. The van der Waals surface area contributed by atoms with Gasteiger partial charge in [-0.05, 0) is 72.6 Å². The highest BCUT2D eigenvalue weighted by molar-refractivity contribution is 5.50. The van der Waals surface area contributed by atoms with E-state index in [1.165, 1.54) is 27.8 Å². The number of aryl methyl sites for hydroxylation is 4. The Kier molecular flexibility index (Phi) is 4.61. The molecule has 0 spiro atoms. The summed E-state index contributed by atoms with van der Waals surface area (Å²) in [5.74, 6) is 0.956. The molecule has 124 valence electrons. The fourth-order valence-electron chi connectivity index (χ4n) is 3.73. The van der Waals surface area contributed by atoms with Crippen LogP contribution in [0.3, 0.4) is 0 Å². The number of benzene rings is 2. The first kappa shape index (κ1) is 17.6. The van der Waals surface area contributed by atoms with Crippen molar-refractivity contribution in [1.29, 1.82) is 0 Å². The first-order chi connectivity index (χ1) is 10.6. The Bertz CT molecular complexity index is 690. The molecular weight excluding hydrogens is 280 g/mol. The third kappa shape index (κ3) is 3.15. The van der Waals surface area contributed by atoms with Crippen LogP contribution in [0.4, 0.5) is 0 Å². The van der Waals surface area contributed by atoms with Crippen molar-refractivity contribution in [2.45, 2.75) is 66.7 Å². The molecule has 0 saturated carbocycles. The molecule has 0 aliphatic carbocycles. The van der Waals surface area contributed by atoms with Gasteiger partial charge in [0.2, 0.25) is 0 Å². The smallest absolute Gasteiger partial charge is 0.121 e. The average Bonchev–Trinajstić information content (AvgIpc) is 2.42. The third-order valence-electron chi connectivity index (χ3n) is 5.11. The van der Waals surface area contributed by atoms with Gasteiger partial charge < -0.3 is 5.11 Å². The Hall–Kier alpha value is -1.76. The Balaban J connectivity index is 2.60. The molecule has 23 heavy (non-hydrogen) atoms. The van der Waals surface area contributed by atoms with Crippen molar-refractivity contribution in [2.24, 2.45) is 0 Å². The van der Waals surface area contributed by atoms with E-state index in [2.05, 4.69) is 65.8 Å². The average molecular weight is 310 g/mol. The van der Waals surface area contributed by atoms with Crippen LogP contribution < -0.4 is 0 Å². The number of rotatable bonds is 3. The lowest BCUT2D eigenvalue weighted by Crippen LogP contribution is -2.20. The zero-order chi connectivity index (χ0) is 17.5. The van der Waals surface area contributed by atoms with Gasteiger partial charge in [0.25, 0.3) is 0 Å². The monoisotopic (exact) mass is 310 g/mol. The van der Waals surface area contributed by atoms with Crippen molar-refractivity contribution >= 4 is 0 Å². The molecule has 1 nitrogen and oxygen atoms in total. The van der Waals surface area contributed by atoms with Crippen molar-refractivity contribution < 1.29 is 5.11 Å². The third-order valence-corrected chi connectivity index (χ3v) is 5.11. The van der Waals surface area contributed by atoms with E-state index >= 15 is 0 Å². The highest BCUT2D eigenvalue weighted by atomic mass is 16.3. The molecule has 0 aromatic heterocycles. The van der Waals surface area contributed by atoms with Crippen LogP contribution in [0, 0.1) is 27.7 Å². The molecule has 0 radical (unpaired) electrons. The lowest BCUT2D eigenvalue weighted by Gasteiger charge is -2.29. The largest absolute Gasteiger partial charge is 0.507 e. The van der Waals surface area contributed by atoms with Crippen molar-refractivity contribution in [1.82, 2.24) is 0 Å². The normalized spacial score (nSPS) is 12.0. The molecular formula is C22H30O. The van der Waals surface area contributed by atoms with Gasteiger partial charge in [-0.15, -0.1) is 0 Å². The number of phenolic OH excluding ortho intramolecular Hbond substituents is 1. The Morgan fingerprint density at radius 2 is 1.09 bits per heavy atom. The second-order valence-electron chi connectivity index (χ2n) is 7.76. The van der Waals surface area contributed by atoms with Gasteiger partial charge >= 0.3 is 0 Å². The van der Waals surface area contributed by atoms with Crippen molar-refractivity contribution in [3.8, 4) is 5.75 Å². The Morgan fingerprint density at radius 3 is 1.43 bits per heavy atom. The molecule has 1 heteroatoms. The quantitative estimate of drug-likeness (QED) is 0.729. The zero-order valence-electron chi connectivity index (χ0n) is 15.8. The molecule has 2 aromatic rings. The van der Waals surface area contributed by atoms with Gasteiger partial charge in [0.1, 0.15) is 5.75 Å². The molecule has 2 rings (SSSR count). The van der Waals surface area contributed by atoms with Crippen LogP contribution in [0.5, 0.6) is 5.75 Å². The van der Waals surface area contributed by atoms with E-state index in [9.17, 15) is 5.11 Å². The fraction of sp³-hybridized carbons (Fsp3) is 0.455. The maximum absolute atomic E-state index is 10.1. The summed E-state index contributed by atoms with van der Waals surface area (Å²) >= 11 is 0. The van der Waals surface area contributed by atoms with E-state index in [4.69, 9.17) is 0 Å². The van der Waals surface area contributed by atoms with Gasteiger partial charge in [-0.3, -0.25) is 0 Å². The first-order valence-electron chi connectivity index (χ1n) is 8.48. The predicted octanol–water partition coefficient (Wildman–Crippen LogP) is 6.08. The fourth-order valence-corrected chi connectivity index (χ4v) is 3.73. The van der Waals surface area contributed by atoms with E-state index < -0.39 is 0 Å². The lowest BCUT2D eigenvalue weighted by atomic mass is 9.75. The van der Waals surface area contributed by atoms with E-state index in [-0.39, 0.29) is 5.41 Å². The van der Waals surface area contributed by atoms with E-state index in [0.29, 0.717) is 11.7 Å². The van der Waals surface area contributed by atoms with Gasteiger partial charge in [0.15, 0.2) is 0 Å². The number of hydrogen-bond acceptors (Lipinski definition) is 1. The Labute approximate surface area is 141 Å². The lowest BCUT2D eigenvalue weighted by molar-refractivity contribution is 0.465. The van der Waals surface area contributed by atoms with Gasteiger partial charge in [0, 0.05) is 5.41 Å². The van der Waals surface area contributed by atoms with Crippen LogP contribution in [0.25, 0.3) is 0 Å². The van der Waals surface area contributed by atoms with Crippen molar-refractivity contribution in [3.05, 3.63) is 63.2 Å². The van der Waals surface area contributed by atoms with Crippen LogP contribution in [-0.2, 0) is 5.41 Å². The second kappa shape index (κ2) is 6.03. The molecule has 0 saturated heterocycles. The number of hydrogen-bond donors (Lipinski definition) is 1. The molecule has 0 heterocycles. The summed E-state index contributed by atoms with van der Waals surface area (Å²) in [4.78, 5) is 0. The first-order valence-corrected chi connectivity index (χ1v) is 8.48. The maximum Gasteiger partial charge on any atom is 0.121 e. The molecule has 1 N–H and O–H groups in total. The standard InChI is InChI=1S/C22H30O/c1-13(2)20-14(3)9-18(10-15(20)4)22(7,8)19-11-16(5)21(23)17(6)12-19/h9-13,23H,1-8H3. The highest BCUT2D eigenvalue weighted by Crippen LogP contribution is 2.37. The van der Waals surface area contributed by atoms with E-state index in [1.54, 1.807) is 0 Å². The molecule has 0 fully saturated rings. The van der Waals surface area contributed by atoms with Crippen LogP contribution in [-0.4, -0.2) is 5.11 Å². The minimum atomic E-state index is -0.0890. The van der Waals surface area contributed by atoms with Gasteiger partial charge in [-0.1, -0.05) is 52.0 Å². The topological polar surface area (TPSA) is 20.2 Å². The number of phenols is 1. The summed E-state index contributed by atoms with van der Waals surface area (Å²) in [5, 5.41) is 10.1. The summed E-state index contributed by atoms with van der Waals surface area (Å²) in [6.07, 6.45) is 0. The maximum atomic E-state index is 10.1. The summed E-state index contributed by atoms with van der Waals surface area (Å²) in [6, 6.07) is 8.90. The second-order valence-corrected chi connectivity index (χ2v) is 7.76. The summed E-state index contributed by atoms with van der Waals surface area (Å²) in [6.45, 7) is 17.4. The van der Waals surface area contributed by atoms with Crippen molar-refractivity contribution in [3.63, 3.8) is 0 Å². The molecule has 0 bridgehead atoms. The van der Waals surface area contributed by atoms with Crippen molar-refractivity contribution in [2.75, 3.05) is 0 Å². The van der Waals surface area contributed by atoms with E-state index in [1.807, 2.05) is 13.8 Å². The SMILES string of the molecule is Cc1cc(C(C)(C)c2cc(C)c(C(C)C)c(C)c2)cc(C)c1O. The summed E-state index contributed by atoms with van der Waals surface area (Å²) < 4.78 is 0. The van der Waals surface area contributed by atoms with Gasteiger partial charge in [-0.2, -0.15) is 0 Å². The zero-order valence-corrected chi connectivity index (χ0v) is 15.8. The molecule has 0 atom stereocenters. The van der Waals surface area contributed by atoms with E-state index in [0.717, 1.165) is 11.1 Å². The van der Waals surface area contributed by atoms with Gasteiger partial charge in [-0.25, -0.2) is 0 Å². The molecule has 0 aliphatic heterocycles. The predicted molar refractivity (Wildman–Crippen MR) is 99.7 cm³/mol. The summed E-state index contributed by atoms with van der Waals surface area (Å²) in [5.41, 5.74) is 8.59. The molecule has 2 aromatic carbocycles. The van der Waals surface area contributed by atoms with Crippen LogP contribution in [0.2, 0.25) is 0 Å².